The van der Waals surface area contributed by atoms with E-state index in [1.54, 1.807) is 0 Å². The number of para-hydroxylation sites is 1. The molecule has 2 aromatic carbocycles. The van der Waals surface area contributed by atoms with Gasteiger partial charge in [0.25, 0.3) is 0 Å². The van der Waals surface area contributed by atoms with Crippen LogP contribution in [0.2, 0.25) is 0 Å². The van der Waals surface area contributed by atoms with Crippen molar-refractivity contribution in [3.8, 4) is 11.5 Å². The molecule has 7 heteroatoms. The average Bonchev–Trinajstić information content (AvgIpc) is 3.46. The van der Waals surface area contributed by atoms with Crippen molar-refractivity contribution < 1.29 is 9.21 Å². The van der Waals surface area contributed by atoms with Crippen LogP contribution in [0.3, 0.4) is 0 Å². The first-order valence-corrected chi connectivity index (χ1v) is 10.7. The van der Waals surface area contributed by atoms with Crippen molar-refractivity contribution in [2.24, 2.45) is 0 Å². The minimum atomic E-state index is 0.189. The van der Waals surface area contributed by atoms with Gasteiger partial charge in [-0.05, 0) is 23.8 Å². The summed E-state index contributed by atoms with van der Waals surface area (Å²) in [6.07, 6.45) is 3.10. The average molecular weight is 415 g/mol. The molecule has 2 aromatic heterocycles. The van der Waals surface area contributed by atoms with Gasteiger partial charge in [-0.3, -0.25) is 9.69 Å². The summed E-state index contributed by atoms with van der Waals surface area (Å²) in [6.45, 7) is 4.07. The summed E-state index contributed by atoms with van der Waals surface area (Å²) in [6, 6.07) is 17.9. The Morgan fingerprint density at radius 3 is 2.58 bits per heavy atom. The highest BCUT2D eigenvalue weighted by Gasteiger charge is 2.22. The maximum Gasteiger partial charge on any atom is 0.247 e. The Labute approximate surface area is 180 Å². The second kappa shape index (κ2) is 8.73. The SMILES string of the molecule is O=C(Cc1c[nH]c2ccccc12)N1CCN(CCc2nnc(-c3ccccc3)o2)CC1. The molecule has 1 aliphatic heterocycles. The zero-order valence-electron chi connectivity index (χ0n) is 17.3. The van der Waals surface area contributed by atoms with E-state index in [0.29, 0.717) is 24.6 Å². The fourth-order valence-electron chi connectivity index (χ4n) is 4.08. The van der Waals surface area contributed by atoms with Crippen molar-refractivity contribution >= 4 is 16.8 Å². The van der Waals surface area contributed by atoms with Gasteiger partial charge in [0.1, 0.15) is 0 Å². The highest BCUT2D eigenvalue weighted by molar-refractivity contribution is 5.88. The van der Waals surface area contributed by atoms with Crippen LogP contribution in [0, 0.1) is 0 Å². The van der Waals surface area contributed by atoms with Crippen LogP contribution in [0.25, 0.3) is 22.4 Å². The van der Waals surface area contributed by atoms with E-state index < -0.39 is 0 Å². The fraction of sp³-hybridized carbons (Fsp3) is 0.292. The van der Waals surface area contributed by atoms with Crippen LogP contribution in [0.5, 0.6) is 0 Å². The van der Waals surface area contributed by atoms with Crippen LogP contribution >= 0.6 is 0 Å². The highest BCUT2D eigenvalue weighted by Crippen LogP contribution is 2.20. The molecule has 1 fully saturated rings. The number of fused-ring (bicyclic) bond motifs is 1. The molecule has 0 spiro atoms. The zero-order valence-corrected chi connectivity index (χ0v) is 17.3. The van der Waals surface area contributed by atoms with Gasteiger partial charge in [-0.2, -0.15) is 0 Å². The first kappa shape index (κ1) is 19.5. The van der Waals surface area contributed by atoms with E-state index in [1.165, 1.54) is 0 Å². The third-order valence-corrected chi connectivity index (χ3v) is 5.87. The topological polar surface area (TPSA) is 78.3 Å². The Morgan fingerprint density at radius 1 is 0.968 bits per heavy atom. The highest BCUT2D eigenvalue weighted by atomic mass is 16.4. The predicted octanol–water partition coefficient (Wildman–Crippen LogP) is 3.15. The zero-order chi connectivity index (χ0) is 21.0. The molecule has 1 saturated heterocycles. The summed E-state index contributed by atoms with van der Waals surface area (Å²) in [5, 5.41) is 9.46. The van der Waals surface area contributed by atoms with E-state index in [2.05, 4.69) is 26.1 Å². The number of carbonyl (C=O) groups excluding carboxylic acids is 1. The number of hydrogen-bond acceptors (Lipinski definition) is 5. The Hall–Kier alpha value is -3.45. The van der Waals surface area contributed by atoms with Crippen molar-refractivity contribution in [3.63, 3.8) is 0 Å². The molecule has 31 heavy (non-hydrogen) atoms. The van der Waals surface area contributed by atoms with E-state index in [9.17, 15) is 4.79 Å². The monoisotopic (exact) mass is 415 g/mol. The molecule has 0 saturated carbocycles. The molecule has 1 amide bonds. The summed E-state index contributed by atoms with van der Waals surface area (Å²) in [5.41, 5.74) is 3.07. The molecule has 0 unspecified atom stereocenters. The lowest BCUT2D eigenvalue weighted by Gasteiger charge is -2.34. The number of carbonyl (C=O) groups is 1. The summed E-state index contributed by atoms with van der Waals surface area (Å²) in [4.78, 5) is 20.4. The molecule has 0 radical (unpaired) electrons. The molecule has 4 aromatic rings. The van der Waals surface area contributed by atoms with Gasteiger partial charge in [-0.15, -0.1) is 10.2 Å². The molecular formula is C24H25N5O2. The van der Waals surface area contributed by atoms with Crippen molar-refractivity contribution in [1.29, 1.82) is 0 Å². The number of amides is 1. The van der Waals surface area contributed by atoms with Crippen LogP contribution in [0.4, 0.5) is 0 Å². The van der Waals surface area contributed by atoms with Crippen LogP contribution < -0.4 is 0 Å². The molecule has 5 rings (SSSR count). The molecule has 1 N–H and O–H groups in total. The third kappa shape index (κ3) is 4.36. The van der Waals surface area contributed by atoms with E-state index in [0.717, 1.165) is 54.8 Å². The third-order valence-electron chi connectivity index (χ3n) is 5.87. The van der Waals surface area contributed by atoms with E-state index >= 15 is 0 Å². The lowest BCUT2D eigenvalue weighted by atomic mass is 10.1. The molecular weight excluding hydrogens is 390 g/mol. The smallest absolute Gasteiger partial charge is 0.247 e. The fourth-order valence-corrected chi connectivity index (χ4v) is 4.08. The largest absolute Gasteiger partial charge is 0.421 e. The minimum absolute atomic E-state index is 0.189. The first-order chi connectivity index (χ1) is 15.3. The van der Waals surface area contributed by atoms with Crippen LogP contribution in [0.15, 0.2) is 65.2 Å². The Morgan fingerprint density at radius 2 is 1.74 bits per heavy atom. The van der Waals surface area contributed by atoms with Crippen molar-refractivity contribution in [2.75, 3.05) is 32.7 Å². The summed E-state index contributed by atoms with van der Waals surface area (Å²) in [7, 11) is 0. The number of hydrogen-bond donors (Lipinski definition) is 1. The number of nitrogens with one attached hydrogen (secondary N) is 1. The predicted molar refractivity (Wildman–Crippen MR) is 118 cm³/mol. The van der Waals surface area contributed by atoms with Gasteiger partial charge in [-0.1, -0.05) is 36.4 Å². The maximum atomic E-state index is 12.8. The molecule has 0 atom stereocenters. The van der Waals surface area contributed by atoms with Gasteiger partial charge >= 0.3 is 0 Å². The summed E-state index contributed by atoms with van der Waals surface area (Å²) in [5.74, 6) is 1.40. The molecule has 158 valence electrons. The van der Waals surface area contributed by atoms with Gasteiger partial charge in [0, 0.05) is 61.8 Å². The maximum absolute atomic E-state index is 12.8. The van der Waals surface area contributed by atoms with Crippen molar-refractivity contribution in [2.45, 2.75) is 12.8 Å². The molecule has 1 aliphatic rings. The summed E-state index contributed by atoms with van der Waals surface area (Å²) < 4.78 is 5.80. The van der Waals surface area contributed by atoms with E-state index in [1.807, 2.05) is 59.6 Å². The van der Waals surface area contributed by atoms with Gasteiger partial charge in [0.15, 0.2) is 0 Å². The first-order valence-electron chi connectivity index (χ1n) is 10.7. The second-order valence-corrected chi connectivity index (χ2v) is 7.88. The van der Waals surface area contributed by atoms with Gasteiger partial charge in [0.05, 0.1) is 6.42 Å². The molecule has 7 nitrogen and oxygen atoms in total. The van der Waals surface area contributed by atoms with E-state index in [4.69, 9.17) is 4.42 Å². The van der Waals surface area contributed by atoms with Crippen LogP contribution in [-0.4, -0.2) is 63.6 Å². The lowest BCUT2D eigenvalue weighted by Crippen LogP contribution is -2.49. The number of piperazine rings is 1. The lowest BCUT2D eigenvalue weighted by molar-refractivity contribution is -0.132. The number of H-pyrrole nitrogens is 1. The Kier molecular flexibility index (Phi) is 5.50. The van der Waals surface area contributed by atoms with Crippen molar-refractivity contribution in [1.82, 2.24) is 25.0 Å². The van der Waals surface area contributed by atoms with Crippen LogP contribution in [-0.2, 0) is 17.6 Å². The molecule has 0 bridgehead atoms. The quantitative estimate of drug-likeness (QED) is 0.523. The number of aromatic amines is 1. The minimum Gasteiger partial charge on any atom is -0.421 e. The molecule has 0 aliphatic carbocycles. The Bertz CT molecular complexity index is 1160. The summed E-state index contributed by atoms with van der Waals surface area (Å²) >= 11 is 0. The number of aromatic nitrogens is 3. The second-order valence-electron chi connectivity index (χ2n) is 7.88. The molecule has 3 heterocycles. The number of benzene rings is 2. The Balaban J connectivity index is 1.11. The van der Waals surface area contributed by atoms with Crippen molar-refractivity contribution in [3.05, 3.63) is 72.2 Å². The normalized spacial score (nSPS) is 14.9. The standard InChI is InChI=1S/C24H25N5O2/c30-23(16-19-17-25-21-9-5-4-8-20(19)21)29-14-12-28(13-15-29)11-10-22-26-27-24(31-22)18-6-2-1-3-7-18/h1-9,17,25H,10-16H2. The number of rotatable bonds is 6. The van der Waals surface area contributed by atoms with Gasteiger partial charge in [0.2, 0.25) is 17.7 Å². The van der Waals surface area contributed by atoms with E-state index in [-0.39, 0.29) is 5.91 Å². The van der Waals surface area contributed by atoms with Gasteiger partial charge in [-0.25, -0.2) is 0 Å². The van der Waals surface area contributed by atoms with Crippen LogP contribution in [0.1, 0.15) is 11.5 Å². The van der Waals surface area contributed by atoms with Gasteiger partial charge < -0.3 is 14.3 Å². The number of nitrogens with zero attached hydrogens (tertiary/aromatic N) is 4.